The molecular weight excluding hydrogens is 337 g/mol. The summed E-state index contributed by atoms with van der Waals surface area (Å²) >= 11 is 1.76. The van der Waals surface area contributed by atoms with Crippen LogP contribution < -0.4 is 5.32 Å². The number of anilines is 1. The van der Waals surface area contributed by atoms with Gasteiger partial charge in [0.15, 0.2) is 5.82 Å². The zero-order valence-electron chi connectivity index (χ0n) is 14.0. The van der Waals surface area contributed by atoms with E-state index in [1.165, 1.54) is 6.07 Å². The number of rotatable bonds is 3. The zero-order chi connectivity index (χ0) is 17.4. The number of hydrogen-bond acceptors (Lipinski definition) is 5. The SMILES string of the molecule is Cc1cc(C)n(-c2cncc(NC3CCSc4ccc(F)cc43)n2)n1. The molecule has 0 saturated carbocycles. The van der Waals surface area contributed by atoms with Crippen LogP contribution in [0, 0.1) is 19.7 Å². The first-order valence-corrected chi connectivity index (χ1v) is 9.13. The van der Waals surface area contributed by atoms with Gasteiger partial charge in [-0.3, -0.25) is 4.98 Å². The number of thioether (sulfide) groups is 1. The van der Waals surface area contributed by atoms with Gasteiger partial charge in [-0.25, -0.2) is 14.1 Å². The van der Waals surface area contributed by atoms with E-state index < -0.39 is 0 Å². The van der Waals surface area contributed by atoms with Crippen LogP contribution in [0.3, 0.4) is 0 Å². The Balaban J connectivity index is 1.64. The van der Waals surface area contributed by atoms with Crippen LogP contribution in [-0.4, -0.2) is 25.5 Å². The summed E-state index contributed by atoms with van der Waals surface area (Å²) in [4.78, 5) is 10.0. The van der Waals surface area contributed by atoms with E-state index in [1.54, 1.807) is 34.9 Å². The van der Waals surface area contributed by atoms with Crippen molar-refractivity contribution in [2.75, 3.05) is 11.1 Å². The van der Waals surface area contributed by atoms with Crippen LogP contribution >= 0.6 is 11.8 Å². The minimum absolute atomic E-state index is 0.0250. The van der Waals surface area contributed by atoms with Gasteiger partial charge in [0.25, 0.3) is 0 Å². The van der Waals surface area contributed by atoms with Gasteiger partial charge >= 0.3 is 0 Å². The fraction of sp³-hybridized carbons (Fsp3) is 0.278. The molecule has 0 saturated heterocycles. The molecule has 1 N–H and O–H groups in total. The molecule has 0 spiro atoms. The average Bonchev–Trinajstić information content (AvgIpc) is 2.94. The van der Waals surface area contributed by atoms with E-state index in [-0.39, 0.29) is 11.9 Å². The molecule has 1 aromatic carbocycles. The summed E-state index contributed by atoms with van der Waals surface area (Å²) in [5.74, 6) is 2.11. The lowest BCUT2D eigenvalue weighted by Gasteiger charge is -2.26. The monoisotopic (exact) mass is 355 g/mol. The van der Waals surface area contributed by atoms with Crippen LogP contribution in [0.1, 0.15) is 29.4 Å². The van der Waals surface area contributed by atoms with E-state index in [2.05, 4.69) is 20.4 Å². The Hall–Kier alpha value is -2.41. The highest BCUT2D eigenvalue weighted by atomic mass is 32.2. The van der Waals surface area contributed by atoms with Gasteiger partial charge in [-0.2, -0.15) is 5.10 Å². The van der Waals surface area contributed by atoms with Crippen molar-refractivity contribution in [2.24, 2.45) is 0 Å². The van der Waals surface area contributed by atoms with Crippen molar-refractivity contribution in [3.63, 3.8) is 0 Å². The maximum atomic E-state index is 13.7. The smallest absolute Gasteiger partial charge is 0.174 e. The molecule has 0 fully saturated rings. The average molecular weight is 355 g/mol. The van der Waals surface area contributed by atoms with E-state index in [4.69, 9.17) is 0 Å². The molecule has 1 unspecified atom stereocenters. The molecule has 128 valence electrons. The topological polar surface area (TPSA) is 55.6 Å². The summed E-state index contributed by atoms with van der Waals surface area (Å²) in [5, 5.41) is 7.86. The first kappa shape index (κ1) is 16.1. The molecule has 2 aromatic heterocycles. The predicted octanol–water partition coefficient (Wildman–Crippen LogP) is 4.07. The highest BCUT2D eigenvalue weighted by molar-refractivity contribution is 7.99. The molecule has 1 aliphatic rings. The quantitative estimate of drug-likeness (QED) is 0.768. The van der Waals surface area contributed by atoms with Crippen molar-refractivity contribution >= 4 is 17.6 Å². The van der Waals surface area contributed by atoms with Crippen LogP contribution in [0.4, 0.5) is 10.2 Å². The second-order valence-electron chi connectivity index (χ2n) is 6.12. The molecule has 0 amide bonds. The largest absolute Gasteiger partial charge is 0.362 e. The molecule has 1 atom stereocenters. The summed E-state index contributed by atoms with van der Waals surface area (Å²) in [6, 6.07) is 6.99. The molecular formula is C18H18FN5S. The van der Waals surface area contributed by atoms with Crippen molar-refractivity contribution in [2.45, 2.75) is 31.2 Å². The van der Waals surface area contributed by atoms with Gasteiger partial charge < -0.3 is 5.32 Å². The number of fused-ring (bicyclic) bond motifs is 1. The number of nitrogens with zero attached hydrogens (tertiary/aromatic N) is 4. The maximum absolute atomic E-state index is 13.7. The lowest BCUT2D eigenvalue weighted by molar-refractivity contribution is 0.615. The predicted molar refractivity (Wildman–Crippen MR) is 96.7 cm³/mol. The first-order chi connectivity index (χ1) is 12.1. The Labute approximate surface area is 149 Å². The normalized spacial score (nSPS) is 16.5. The standard InChI is InChI=1S/C18H18FN5S/c1-11-7-12(2)24(23-11)18-10-20-9-17(22-18)21-15-5-6-25-16-4-3-13(19)8-14(15)16/h3-4,7-10,15H,5-6H2,1-2H3,(H,21,22). The third-order valence-corrected chi connectivity index (χ3v) is 5.30. The fourth-order valence-electron chi connectivity index (χ4n) is 3.08. The van der Waals surface area contributed by atoms with Gasteiger partial charge in [-0.15, -0.1) is 11.8 Å². The molecule has 0 bridgehead atoms. The van der Waals surface area contributed by atoms with Crippen LogP contribution in [0.5, 0.6) is 0 Å². The Bertz CT molecular complexity index is 924. The summed E-state index contributed by atoms with van der Waals surface area (Å²) in [6.07, 6.45) is 4.29. The molecule has 0 radical (unpaired) electrons. The third-order valence-electron chi connectivity index (χ3n) is 4.18. The van der Waals surface area contributed by atoms with E-state index in [1.807, 2.05) is 26.0 Å². The van der Waals surface area contributed by atoms with Crippen LogP contribution in [0.15, 0.2) is 41.6 Å². The number of nitrogens with one attached hydrogen (secondary N) is 1. The van der Waals surface area contributed by atoms with E-state index in [0.29, 0.717) is 11.6 Å². The number of aromatic nitrogens is 4. The lowest BCUT2D eigenvalue weighted by Crippen LogP contribution is -2.17. The minimum atomic E-state index is -0.212. The van der Waals surface area contributed by atoms with Crippen molar-refractivity contribution in [3.05, 3.63) is 59.4 Å². The van der Waals surface area contributed by atoms with Gasteiger partial charge in [0.1, 0.15) is 11.6 Å². The summed E-state index contributed by atoms with van der Waals surface area (Å²) in [6.45, 7) is 3.93. The maximum Gasteiger partial charge on any atom is 0.174 e. The van der Waals surface area contributed by atoms with Gasteiger partial charge in [0.05, 0.1) is 24.1 Å². The Morgan fingerprint density at radius 3 is 2.92 bits per heavy atom. The van der Waals surface area contributed by atoms with Crippen molar-refractivity contribution in [1.29, 1.82) is 0 Å². The summed E-state index contributed by atoms with van der Waals surface area (Å²) < 4.78 is 15.4. The molecule has 3 aromatic rings. The van der Waals surface area contributed by atoms with Gasteiger partial charge in [-0.05, 0) is 50.1 Å². The molecule has 0 aliphatic carbocycles. The third kappa shape index (κ3) is 3.24. The van der Waals surface area contributed by atoms with Gasteiger partial charge in [-0.1, -0.05) is 0 Å². The second-order valence-corrected chi connectivity index (χ2v) is 7.25. The van der Waals surface area contributed by atoms with Crippen LogP contribution in [-0.2, 0) is 0 Å². The van der Waals surface area contributed by atoms with Gasteiger partial charge in [0.2, 0.25) is 0 Å². The first-order valence-electron chi connectivity index (χ1n) is 8.14. The molecule has 1 aliphatic heterocycles. The van der Waals surface area contributed by atoms with Crippen LogP contribution in [0.2, 0.25) is 0 Å². The second kappa shape index (κ2) is 6.48. The van der Waals surface area contributed by atoms with Crippen LogP contribution in [0.25, 0.3) is 5.82 Å². The highest BCUT2D eigenvalue weighted by Gasteiger charge is 2.22. The van der Waals surface area contributed by atoms with Crippen molar-refractivity contribution in [1.82, 2.24) is 19.7 Å². The van der Waals surface area contributed by atoms with E-state index in [9.17, 15) is 4.39 Å². The molecule has 3 heterocycles. The van der Waals surface area contributed by atoms with Crippen molar-refractivity contribution < 1.29 is 4.39 Å². The molecule has 25 heavy (non-hydrogen) atoms. The summed E-state index contributed by atoms with van der Waals surface area (Å²) in [5.41, 5.74) is 2.92. The van der Waals surface area contributed by atoms with E-state index in [0.717, 1.165) is 34.0 Å². The Kier molecular flexibility index (Phi) is 4.17. The fourth-order valence-corrected chi connectivity index (χ4v) is 4.19. The highest BCUT2D eigenvalue weighted by Crippen LogP contribution is 2.38. The Morgan fingerprint density at radius 2 is 2.12 bits per heavy atom. The van der Waals surface area contributed by atoms with E-state index >= 15 is 0 Å². The Morgan fingerprint density at radius 1 is 1.24 bits per heavy atom. The number of benzene rings is 1. The number of aryl methyl sites for hydroxylation is 2. The summed E-state index contributed by atoms with van der Waals surface area (Å²) in [7, 11) is 0. The molecule has 4 rings (SSSR count). The molecule has 5 nitrogen and oxygen atoms in total. The van der Waals surface area contributed by atoms with Gasteiger partial charge in [0, 0.05) is 16.3 Å². The molecule has 7 heteroatoms. The number of hydrogen-bond donors (Lipinski definition) is 1. The zero-order valence-corrected chi connectivity index (χ0v) is 14.8. The minimum Gasteiger partial charge on any atom is -0.362 e. The van der Waals surface area contributed by atoms with Crippen molar-refractivity contribution in [3.8, 4) is 5.82 Å². The number of halogens is 1. The lowest BCUT2D eigenvalue weighted by atomic mass is 10.0.